The number of rotatable bonds is 5. The van der Waals surface area contributed by atoms with E-state index in [-0.39, 0.29) is 11.9 Å². The van der Waals surface area contributed by atoms with Gasteiger partial charge in [0, 0.05) is 30.4 Å². The van der Waals surface area contributed by atoms with Crippen molar-refractivity contribution in [2.45, 2.75) is 25.3 Å². The minimum Gasteiger partial charge on any atom is -0.339 e. The first-order chi connectivity index (χ1) is 11.0. The van der Waals surface area contributed by atoms with Crippen molar-refractivity contribution in [2.24, 2.45) is 0 Å². The molecule has 2 heterocycles. The maximum absolute atomic E-state index is 14.3. The van der Waals surface area contributed by atoms with E-state index < -0.39 is 23.1 Å². The van der Waals surface area contributed by atoms with Gasteiger partial charge in [0.15, 0.2) is 0 Å². The van der Waals surface area contributed by atoms with Crippen LogP contribution < -0.4 is 0 Å². The molecule has 0 fully saturated rings. The van der Waals surface area contributed by atoms with Crippen LogP contribution in [0.4, 0.5) is 13.2 Å². The van der Waals surface area contributed by atoms with Crippen molar-refractivity contribution in [1.82, 2.24) is 19.7 Å². The standard InChI is InChI=1S/C15H13F3N4O/c1-10(22-7-6-19-9-22)8-13-20-14(21-23-13)15(17,18)11-2-4-12(16)5-3-11/h2-7,9-10H,8H2,1H3. The first-order valence-corrected chi connectivity index (χ1v) is 6.91. The second-order valence-electron chi connectivity index (χ2n) is 5.16. The Kier molecular flexibility index (Phi) is 3.89. The van der Waals surface area contributed by atoms with Gasteiger partial charge in [0.2, 0.25) is 11.7 Å². The summed E-state index contributed by atoms with van der Waals surface area (Å²) in [6, 6.07) is 3.86. The summed E-state index contributed by atoms with van der Waals surface area (Å²) in [5, 5.41) is 3.37. The molecule has 0 aliphatic heterocycles. The highest BCUT2D eigenvalue weighted by atomic mass is 19.3. The fourth-order valence-corrected chi connectivity index (χ4v) is 2.14. The largest absolute Gasteiger partial charge is 0.339 e. The van der Waals surface area contributed by atoms with Crippen LogP contribution in [0, 0.1) is 5.82 Å². The quantitative estimate of drug-likeness (QED) is 0.723. The molecule has 0 saturated carbocycles. The molecule has 1 atom stereocenters. The number of halogens is 3. The SMILES string of the molecule is CC(Cc1nc(C(F)(F)c2ccc(F)cc2)no1)n1ccnc1. The lowest BCUT2D eigenvalue weighted by Crippen LogP contribution is -2.17. The zero-order chi connectivity index (χ0) is 16.4. The predicted molar refractivity (Wildman–Crippen MR) is 74.3 cm³/mol. The van der Waals surface area contributed by atoms with E-state index in [0.717, 1.165) is 24.3 Å². The van der Waals surface area contributed by atoms with Crippen LogP contribution >= 0.6 is 0 Å². The van der Waals surface area contributed by atoms with Crippen LogP contribution in [0.25, 0.3) is 0 Å². The molecule has 0 aliphatic rings. The average Bonchev–Trinajstić information content (AvgIpc) is 3.19. The lowest BCUT2D eigenvalue weighted by molar-refractivity contribution is 0.0304. The predicted octanol–water partition coefficient (Wildman–Crippen LogP) is 3.35. The summed E-state index contributed by atoms with van der Waals surface area (Å²) in [5.74, 6) is -4.68. The van der Waals surface area contributed by atoms with E-state index >= 15 is 0 Å². The first kappa shape index (κ1) is 15.3. The Labute approximate surface area is 129 Å². The van der Waals surface area contributed by atoms with E-state index in [1.165, 1.54) is 0 Å². The van der Waals surface area contributed by atoms with E-state index in [1.807, 2.05) is 11.5 Å². The van der Waals surface area contributed by atoms with Gasteiger partial charge in [-0.25, -0.2) is 9.37 Å². The van der Waals surface area contributed by atoms with E-state index in [0.29, 0.717) is 6.42 Å². The molecule has 2 aromatic heterocycles. The highest BCUT2D eigenvalue weighted by Crippen LogP contribution is 2.33. The summed E-state index contributed by atoms with van der Waals surface area (Å²) in [5.41, 5.74) is -0.395. The van der Waals surface area contributed by atoms with Crippen LogP contribution in [0.3, 0.4) is 0 Å². The molecule has 1 unspecified atom stereocenters. The van der Waals surface area contributed by atoms with Crippen molar-refractivity contribution in [2.75, 3.05) is 0 Å². The van der Waals surface area contributed by atoms with Crippen molar-refractivity contribution in [1.29, 1.82) is 0 Å². The molecule has 3 rings (SSSR count). The molecule has 0 aliphatic carbocycles. The van der Waals surface area contributed by atoms with Crippen LogP contribution in [-0.4, -0.2) is 19.7 Å². The second kappa shape index (κ2) is 5.86. The Morgan fingerprint density at radius 1 is 1.26 bits per heavy atom. The minimum absolute atomic E-state index is 0.0646. The van der Waals surface area contributed by atoms with E-state index in [1.54, 1.807) is 18.7 Å². The summed E-state index contributed by atoms with van der Waals surface area (Å²) in [6.45, 7) is 1.88. The third-order valence-electron chi connectivity index (χ3n) is 3.46. The molecule has 0 bridgehead atoms. The summed E-state index contributed by atoms with van der Waals surface area (Å²) in [6.07, 6.45) is 5.30. The Morgan fingerprint density at radius 2 is 2.00 bits per heavy atom. The molecule has 1 aromatic carbocycles. The van der Waals surface area contributed by atoms with E-state index in [9.17, 15) is 13.2 Å². The molecular formula is C15H13F3N4O. The molecule has 0 N–H and O–H groups in total. The maximum Gasteiger partial charge on any atom is 0.335 e. The van der Waals surface area contributed by atoms with Crippen molar-refractivity contribution >= 4 is 0 Å². The number of hydrogen-bond acceptors (Lipinski definition) is 4. The van der Waals surface area contributed by atoms with E-state index in [2.05, 4.69) is 15.1 Å². The van der Waals surface area contributed by atoms with Crippen molar-refractivity contribution in [3.63, 3.8) is 0 Å². The van der Waals surface area contributed by atoms with Gasteiger partial charge >= 0.3 is 5.92 Å². The first-order valence-electron chi connectivity index (χ1n) is 6.91. The molecule has 0 amide bonds. The van der Waals surface area contributed by atoms with Gasteiger partial charge < -0.3 is 9.09 Å². The number of aromatic nitrogens is 4. The molecule has 0 spiro atoms. The molecule has 5 nitrogen and oxygen atoms in total. The number of nitrogens with zero attached hydrogens (tertiary/aromatic N) is 4. The van der Waals surface area contributed by atoms with Crippen LogP contribution in [0.5, 0.6) is 0 Å². The minimum atomic E-state index is -3.45. The Bertz CT molecular complexity index is 768. The van der Waals surface area contributed by atoms with Gasteiger partial charge in [0.25, 0.3) is 0 Å². The lowest BCUT2D eigenvalue weighted by atomic mass is 10.1. The number of imidazole rings is 1. The smallest absolute Gasteiger partial charge is 0.335 e. The van der Waals surface area contributed by atoms with Crippen LogP contribution in [0.2, 0.25) is 0 Å². The van der Waals surface area contributed by atoms with Gasteiger partial charge in [-0.2, -0.15) is 13.8 Å². The molecule has 0 radical (unpaired) electrons. The Hall–Kier alpha value is -2.64. The third kappa shape index (κ3) is 3.10. The fourth-order valence-electron chi connectivity index (χ4n) is 2.14. The van der Waals surface area contributed by atoms with Gasteiger partial charge in [-0.15, -0.1) is 0 Å². The topological polar surface area (TPSA) is 56.7 Å². The van der Waals surface area contributed by atoms with Crippen LogP contribution in [0.15, 0.2) is 47.5 Å². The molecule has 3 aromatic rings. The summed E-state index contributed by atoms with van der Waals surface area (Å²) < 4.78 is 48.2. The highest BCUT2D eigenvalue weighted by Gasteiger charge is 2.39. The van der Waals surface area contributed by atoms with Gasteiger partial charge in [0.1, 0.15) is 5.82 Å². The van der Waals surface area contributed by atoms with Gasteiger partial charge in [0.05, 0.1) is 6.33 Å². The summed E-state index contributed by atoms with van der Waals surface area (Å²) in [4.78, 5) is 7.70. The number of benzene rings is 1. The van der Waals surface area contributed by atoms with Crippen molar-refractivity contribution in [3.05, 3.63) is 66.1 Å². The zero-order valence-corrected chi connectivity index (χ0v) is 12.2. The summed E-state index contributed by atoms with van der Waals surface area (Å²) >= 11 is 0. The average molecular weight is 322 g/mol. The lowest BCUT2D eigenvalue weighted by Gasteiger charge is -2.12. The van der Waals surface area contributed by atoms with E-state index in [4.69, 9.17) is 4.52 Å². The van der Waals surface area contributed by atoms with Crippen LogP contribution in [-0.2, 0) is 12.3 Å². The van der Waals surface area contributed by atoms with Gasteiger partial charge in [-0.05, 0) is 31.2 Å². The van der Waals surface area contributed by atoms with Crippen molar-refractivity contribution < 1.29 is 17.7 Å². The zero-order valence-electron chi connectivity index (χ0n) is 12.2. The molecule has 120 valence electrons. The van der Waals surface area contributed by atoms with Crippen LogP contribution in [0.1, 0.15) is 30.2 Å². The van der Waals surface area contributed by atoms with Gasteiger partial charge in [-0.1, -0.05) is 5.16 Å². The number of alkyl halides is 2. The molecule has 23 heavy (non-hydrogen) atoms. The third-order valence-corrected chi connectivity index (χ3v) is 3.46. The molecule has 8 heteroatoms. The Morgan fingerprint density at radius 3 is 2.65 bits per heavy atom. The van der Waals surface area contributed by atoms with Crippen molar-refractivity contribution in [3.8, 4) is 0 Å². The maximum atomic E-state index is 14.3. The Balaban J connectivity index is 1.79. The highest BCUT2D eigenvalue weighted by molar-refractivity contribution is 5.26. The summed E-state index contributed by atoms with van der Waals surface area (Å²) in [7, 11) is 0. The second-order valence-corrected chi connectivity index (χ2v) is 5.16. The fraction of sp³-hybridized carbons (Fsp3) is 0.267. The van der Waals surface area contributed by atoms with Gasteiger partial charge in [-0.3, -0.25) is 0 Å². The monoisotopic (exact) mass is 322 g/mol. The molecule has 0 saturated heterocycles. The number of hydrogen-bond donors (Lipinski definition) is 0. The normalized spacial score (nSPS) is 13.2. The molecular weight excluding hydrogens is 309 g/mol.